The maximum Gasteiger partial charge on any atom is 0.306 e. The van der Waals surface area contributed by atoms with E-state index < -0.39 is 6.10 Å². The van der Waals surface area contributed by atoms with Gasteiger partial charge in [-0.25, -0.2) is 0 Å². The molecule has 0 saturated heterocycles. The number of ether oxygens (including phenoxy) is 3. The lowest BCUT2D eigenvalue weighted by Gasteiger charge is -2.18. The fourth-order valence-corrected chi connectivity index (χ4v) is 7.34. The molecule has 386 valence electrons. The van der Waals surface area contributed by atoms with Crippen molar-refractivity contribution in [2.75, 3.05) is 19.8 Å². The third-order valence-electron chi connectivity index (χ3n) is 11.5. The summed E-state index contributed by atoms with van der Waals surface area (Å²) in [5.74, 6) is -0.467. The lowest BCUT2D eigenvalue weighted by atomic mass is 10.1. The van der Waals surface area contributed by atoms with Gasteiger partial charge < -0.3 is 14.2 Å². The molecule has 0 aromatic heterocycles. The molecule has 68 heavy (non-hydrogen) atoms. The Morgan fingerprint density at radius 3 is 1.09 bits per heavy atom. The molecule has 0 aliphatic heterocycles. The van der Waals surface area contributed by atoms with Gasteiger partial charge in [0.15, 0.2) is 6.10 Å². The SMILES string of the molecule is CC/C=C\C/C=C\C/C=C\C/C=C\CCCCC(=O)OC(COCCCCCCCCC/C=C\C/C=C\C/C=C\CCCCC)COC(=O)CCCCCCCCC/C=C\C/C=C\C/C=C\CC. The summed E-state index contributed by atoms with van der Waals surface area (Å²) < 4.78 is 17.4. The molecule has 1 atom stereocenters. The first kappa shape index (κ1) is 64.3. The Labute approximate surface area is 420 Å². The molecule has 0 fully saturated rings. The minimum atomic E-state index is -0.576. The van der Waals surface area contributed by atoms with Crippen LogP contribution in [0, 0.1) is 0 Å². The molecule has 0 rings (SSSR count). The third kappa shape index (κ3) is 54.9. The molecule has 5 nitrogen and oxygen atoms in total. The molecular formula is C63H104O5. The number of carbonyl (C=O) groups is 2. The van der Waals surface area contributed by atoms with Gasteiger partial charge in [0.25, 0.3) is 0 Å². The molecule has 0 heterocycles. The van der Waals surface area contributed by atoms with Gasteiger partial charge in [-0.3, -0.25) is 9.59 Å². The monoisotopic (exact) mass is 941 g/mol. The second-order valence-electron chi connectivity index (χ2n) is 18.1. The van der Waals surface area contributed by atoms with Crippen LogP contribution in [0.4, 0.5) is 0 Å². The second kappa shape index (κ2) is 57.6. The molecule has 0 bridgehead atoms. The van der Waals surface area contributed by atoms with Crippen molar-refractivity contribution in [3.8, 4) is 0 Å². The summed E-state index contributed by atoms with van der Waals surface area (Å²) in [5.41, 5.74) is 0. The Bertz CT molecular complexity index is 1390. The average Bonchev–Trinajstić information content (AvgIpc) is 3.34. The van der Waals surface area contributed by atoms with Gasteiger partial charge >= 0.3 is 11.9 Å². The zero-order valence-electron chi connectivity index (χ0n) is 44.3. The Kier molecular flexibility index (Phi) is 54.5. The van der Waals surface area contributed by atoms with Crippen LogP contribution in [0.2, 0.25) is 0 Å². The number of allylic oxidation sites excluding steroid dienone is 20. The quantitative estimate of drug-likeness (QED) is 0.0345. The number of rotatable bonds is 50. The van der Waals surface area contributed by atoms with Gasteiger partial charge in [-0.15, -0.1) is 0 Å². The minimum absolute atomic E-state index is 0.0519. The Balaban J connectivity index is 4.38. The summed E-state index contributed by atoms with van der Waals surface area (Å²) in [6.45, 7) is 7.50. The first-order chi connectivity index (χ1) is 33.6. The van der Waals surface area contributed by atoms with E-state index in [1.165, 1.54) is 89.9 Å². The summed E-state index contributed by atoms with van der Waals surface area (Å²) in [5, 5.41) is 0. The third-order valence-corrected chi connectivity index (χ3v) is 11.5. The van der Waals surface area contributed by atoms with Crippen LogP contribution in [0.15, 0.2) is 122 Å². The Morgan fingerprint density at radius 1 is 0.338 bits per heavy atom. The van der Waals surface area contributed by atoms with Crippen LogP contribution >= 0.6 is 0 Å². The molecule has 0 amide bonds. The van der Waals surface area contributed by atoms with E-state index in [1.807, 2.05) is 0 Å². The average molecular weight is 942 g/mol. The Morgan fingerprint density at radius 2 is 0.662 bits per heavy atom. The van der Waals surface area contributed by atoms with Crippen molar-refractivity contribution in [1.29, 1.82) is 0 Å². The van der Waals surface area contributed by atoms with Crippen LogP contribution in [0.3, 0.4) is 0 Å². The second-order valence-corrected chi connectivity index (χ2v) is 18.1. The molecule has 0 aliphatic rings. The number of unbranched alkanes of at least 4 members (excludes halogenated alkanes) is 19. The summed E-state index contributed by atoms with van der Waals surface area (Å²) >= 11 is 0. The molecule has 0 N–H and O–H groups in total. The van der Waals surface area contributed by atoms with Gasteiger partial charge in [0.1, 0.15) is 6.61 Å². The molecule has 0 aromatic rings. The normalized spacial score (nSPS) is 13.2. The lowest BCUT2D eigenvalue weighted by molar-refractivity contribution is -0.163. The van der Waals surface area contributed by atoms with Crippen LogP contribution in [-0.2, 0) is 23.8 Å². The number of hydrogen-bond donors (Lipinski definition) is 0. The zero-order valence-corrected chi connectivity index (χ0v) is 44.3. The summed E-state index contributed by atoms with van der Waals surface area (Å²) in [6.07, 6.45) is 80.7. The topological polar surface area (TPSA) is 61.8 Å². The van der Waals surface area contributed by atoms with E-state index in [2.05, 4.69) is 142 Å². The fraction of sp³-hybridized carbons (Fsp3) is 0.651. The molecule has 0 saturated carbocycles. The van der Waals surface area contributed by atoms with Gasteiger partial charge in [0.2, 0.25) is 0 Å². The molecule has 0 aromatic carbocycles. The van der Waals surface area contributed by atoms with Crippen LogP contribution in [0.25, 0.3) is 0 Å². The largest absolute Gasteiger partial charge is 0.462 e. The van der Waals surface area contributed by atoms with Crippen molar-refractivity contribution in [1.82, 2.24) is 0 Å². The maximum absolute atomic E-state index is 12.8. The highest BCUT2D eigenvalue weighted by atomic mass is 16.6. The summed E-state index contributed by atoms with van der Waals surface area (Å²) in [7, 11) is 0. The van der Waals surface area contributed by atoms with Gasteiger partial charge in [0, 0.05) is 19.4 Å². The highest BCUT2D eigenvalue weighted by Crippen LogP contribution is 2.13. The highest BCUT2D eigenvalue weighted by Gasteiger charge is 2.17. The molecular weight excluding hydrogens is 837 g/mol. The first-order valence-corrected chi connectivity index (χ1v) is 28.1. The summed E-state index contributed by atoms with van der Waals surface area (Å²) in [6, 6.07) is 0. The summed E-state index contributed by atoms with van der Waals surface area (Å²) in [4.78, 5) is 25.5. The number of hydrogen-bond acceptors (Lipinski definition) is 5. The van der Waals surface area contributed by atoms with Gasteiger partial charge in [-0.1, -0.05) is 219 Å². The van der Waals surface area contributed by atoms with Crippen LogP contribution in [0.5, 0.6) is 0 Å². The van der Waals surface area contributed by atoms with E-state index >= 15 is 0 Å². The molecule has 5 heteroatoms. The number of carbonyl (C=O) groups excluding carboxylic acids is 2. The highest BCUT2D eigenvalue weighted by molar-refractivity contribution is 5.70. The molecule has 1 unspecified atom stereocenters. The van der Waals surface area contributed by atoms with Crippen molar-refractivity contribution in [2.24, 2.45) is 0 Å². The predicted molar refractivity (Wildman–Crippen MR) is 297 cm³/mol. The van der Waals surface area contributed by atoms with E-state index in [0.29, 0.717) is 19.4 Å². The van der Waals surface area contributed by atoms with Crippen molar-refractivity contribution in [3.05, 3.63) is 122 Å². The lowest BCUT2D eigenvalue weighted by Crippen LogP contribution is -2.30. The van der Waals surface area contributed by atoms with Crippen molar-refractivity contribution >= 4 is 11.9 Å². The van der Waals surface area contributed by atoms with Gasteiger partial charge in [-0.2, -0.15) is 0 Å². The molecule has 0 aliphatic carbocycles. The standard InChI is InChI=1S/C63H104O5/c1-4-7-10-13-16-19-22-25-28-30-31-32-34-37-40-43-46-49-52-55-58-66-59-61(68-63(65)57-54-51-48-45-42-39-35-27-24-21-18-15-12-9-6-3)60-67-62(64)56-53-50-47-44-41-38-36-33-29-26-23-20-17-14-11-8-5-2/h8-9,11-12,16-21,25-29,31-32,35,42,45,61H,4-7,10,13-15,22-24,30,33-34,36-41,43-44,46-60H2,1-3H3/b11-8-,12-9-,19-16-,20-17-,21-18-,28-25-,29-26-,32-31-,35-27-,45-42-. The van der Waals surface area contributed by atoms with E-state index in [4.69, 9.17) is 14.2 Å². The predicted octanol–water partition coefficient (Wildman–Crippen LogP) is 19.3. The fourth-order valence-electron chi connectivity index (χ4n) is 7.34. The van der Waals surface area contributed by atoms with Crippen molar-refractivity contribution in [3.63, 3.8) is 0 Å². The number of esters is 2. The van der Waals surface area contributed by atoms with E-state index in [0.717, 1.165) is 116 Å². The smallest absolute Gasteiger partial charge is 0.306 e. The first-order valence-electron chi connectivity index (χ1n) is 28.1. The van der Waals surface area contributed by atoms with E-state index in [1.54, 1.807) is 0 Å². The minimum Gasteiger partial charge on any atom is -0.462 e. The maximum atomic E-state index is 12.8. The zero-order chi connectivity index (χ0) is 49.2. The molecule has 0 radical (unpaired) electrons. The van der Waals surface area contributed by atoms with Crippen molar-refractivity contribution in [2.45, 2.75) is 245 Å². The van der Waals surface area contributed by atoms with E-state index in [9.17, 15) is 9.59 Å². The van der Waals surface area contributed by atoms with Crippen LogP contribution < -0.4 is 0 Å². The van der Waals surface area contributed by atoms with E-state index in [-0.39, 0.29) is 25.2 Å². The van der Waals surface area contributed by atoms with Gasteiger partial charge in [0.05, 0.1) is 6.61 Å². The Hall–Kier alpha value is -3.70. The van der Waals surface area contributed by atoms with Crippen LogP contribution in [-0.4, -0.2) is 37.9 Å². The van der Waals surface area contributed by atoms with Crippen molar-refractivity contribution < 1.29 is 23.8 Å². The van der Waals surface area contributed by atoms with Gasteiger partial charge in [-0.05, 0) is 128 Å². The van der Waals surface area contributed by atoms with Crippen LogP contribution in [0.1, 0.15) is 239 Å². The molecule has 0 spiro atoms.